The fraction of sp³-hybridized carbons (Fsp3) is 0.0588. The summed E-state index contributed by atoms with van der Waals surface area (Å²) in [6.07, 6.45) is 2.84. The van der Waals surface area contributed by atoms with Gasteiger partial charge in [0.05, 0.1) is 17.9 Å². The Kier molecular flexibility index (Phi) is 5.08. The van der Waals surface area contributed by atoms with E-state index in [-0.39, 0.29) is 10.6 Å². The minimum atomic E-state index is -3.97. The van der Waals surface area contributed by atoms with Gasteiger partial charge < -0.3 is 5.32 Å². The Morgan fingerprint density at radius 2 is 1.81 bits per heavy atom. The lowest BCUT2D eigenvalue weighted by molar-refractivity contribution is 0.509. The molecule has 9 heteroatoms. The zero-order valence-electron chi connectivity index (χ0n) is 13.4. The first-order valence-corrected chi connectivity index (χ1v) is 9.00. The number of nitrogens with zero attached hydrogens (tertiary/aromatic N) is 2. The Labute approximate surface area is 149 Å². The summed E-state index contributed by atoms with van der Waals surface area (Å²) in [6, 6.07) is 11.1. The van der Waals surface area contributed by atoms with Gasteiger partial charge in [-0.25, -0.2) is 22.2 Å². The lowest BCUT2D eigenvalue weighted by Gasteiger charge is -2.09. The van der Waals surface area contributed by atoms with Crippen molar-refractivity contribution in [3.63, 3.8) is 0 Å². The fourth-order valence-electron chi connectivity index (χ4n) is 2.10. The van der Waals surface area contributed by atoms with Gasteiger partial charge in [-0.15, -0.1) is 0 Å². The Bertz CT molecular complexity index is 997. The van der Waals surface area contributed by atoms with Crippen LogP contribution >= 0.6 is 0 Å². The number of pyridine rings is 2. The van der Waals surface area contributed by atoms with E-state index < -0.39 is 21.7 Å². The molecule has 1 aromatic carbocycles. The zero-order chi connectivity index (χ0) is 18.6. The molecule has 0 saturated carbocycles. The standard InChI is InChI=1S/C17H14F2N4O2S/c18-15-6-4-12(9-16(15)19)23-26(24,25)14-5-7-17(22-11-14)21-10-13-3-1-2-8-20-13/h1-9,11,23H,10H2,(H,21,22). The summed E-state index contributed by atoms with van der Waals surface area (Å²) < 4.78 is 52.9. The number of rotatable bonds is 6. The molecular weight excluding hydrogens is 362 g/mol. The maximum atomic E-state index is 13.2. The van der Waals surface area contributed by atoms with Gasteiger partial charge in [0.15, 0.2) is 11.6 Å². The maximum absolute atomic E-state index is 13.2. The summed E-state index contributed by atoms with van der Waals surface area (Å²) in [5.74, 6) is -1.72. The third-order valence-corrected chi connectivity index (χ3v) is 4.76. The number of nitrogens with one attached hydrogen (secondary N) is 2. The molecule has 0 atom stereocenters. The predicted octanol–water partition coefficient (Wildman–Crippen LogP) is 3.17. The average Bonchev–Trinajstić information content (AvgIpc) is 2.64. The van der Waals surface area contributed by atoms with E-state index in [9.17, 15) is 17.2 Å². The van der Waals surface area contributed by atoms with Gasteiger partial charge in [0.1, 0.15) is 10.7 Å². The van der Waals surface area contributed by atoms with Crippen LogP contribution in [0.25, 0.3) is 0 Å². The van der Waals surface area contributed by atoms with Gasteiger partial charge in [-0.2, -0.15) is 0 Å². The summed E-state index contributed by atoms with van der Waals surface area (Å²) in [7, 11) is -3.97. The Morgan fingerprint density at radius 3 is 2.46 bits per heavy atom. The van der Waals surface area contributed by atoms with Gasteiger partial charge in [-0.1, -0.05) is 6.07 Å². The molecule has 0 radical (unpaired) electrons. The fourth-order valence-corrected chi connectivity index (χ4v) is 3.10. The lowest BCUT2D eigenvalue weighted by atomic mass is 10.3. The number of aromatic nitrogens is 2. The normalized spacial score (nSPS) is 11.2. The van der Waals surface area contributed by atoms with Crippen molar-refractivity contribution < 1.29 is 17.2 Å². The largest absolute Gasteiger partial charge is 0.364 e. The first-order chi connectivity index (χ1) is 12.4. The van der Waals surface area contributed by atoms with E-state index in [1.807, 2.05) is 12.1 Å². The number of benzene rings is 1. The molecule has 0 saturated heterocycles. The van der Waals surface area contributed by atoms with Crippen LogP contribution in [-0.4, -0.2) is 18.4 Å². The maximum Gasteiger partial charge on any atom is 0.263 e. The van der Waals surface area contributed by atoms with Gasteiger partial charge in [0.25, 0.3) is 10.0 Å². The van der Waals surface area contributed by atoms with Gasteiger partial charge in [0.2, 0.25) is 0 Å². The molecule has 134 valence electrons. The van der Waals surface area contributed by atoms with Crippen molar-refractivity contribution in [2.45, 2.75) is 11.4 Å². The van der Waals surface area contributed by atoms with Crippen LogP contribution in [0.5, 0.6) is 0 Å². The Hall–Kier alpha value is -3.07. The van der Waals surface area contributed by atoms with Gasteiger partial charge >= 0.3 is 0 Å². The molecule has 0 bridgehead atoms. The third kappa shape index (κ3) is 4.31. The Morgan fingerprint density at radius 1 is 0.962 bits per heavy atom. The molecule has 2 heterocycles. The molecule has 0 fully saturated rings. The van der Waals surface area contributed by atoms with Gasteiger partial charge in [-0.3, -0.25) is 9.71 Å². The van der Waals surface area contributed by atoms with Crippen LogP contribution in [0.15, 0.2) is 65.8 Å². The van der Waals surface area contributed by atoms with Crippen LogP contribution in [0.2, 0.25) is 0 Å². The van der Waals surface area contributed by atoms with Crippen LogP contribution in [0.3, 0.4) is 0 Å². The highest BCUT2D eigenvalue weighted by molar-refractivity contribution is 7.92. The van der Waals surface area contributed by atoms with Crippen molar-refractivity contribution >= 4 is 21.5 Å². The second-order valence-electron chi connectivity index (χ2n) is 5.29. The average molecular weight is 376 g/mol. The molecule has 3 aromatic rings. The molecule has 0 spiro atoms. The monoisotopic (exact) mass is 376 g/mol. The van der Waals surface area contributed by atoms with E-state index in [1.54, 1.807) is 12.3 Å². The van der Waals surface area contributed by atoms with E-state index in [2.05, 4.69) is 20.0 Å². The summed E-state index contributed by atoms with van der Waals surface area (Å²) in [4.78, 5) is 8.09. The molecule has 0 aliphatic heterocycles. The second-order valence-corrected chi connectivity index (χ2v) is 6.97. The van der Waals surface area contributed by atoms with Crippen molar-refractivity contribution in [2.24, 2.45) is 0 Å². The summed E-state index contributed by atoms with van der Waals surface area (Å²) in [6.45, 7) is 0.438. The summed E-state index contributed by atoms with van der Waals surface area (Å²) in [5.41, 5.74) is 0.729. The highest BCUT2D eigenvalue weighted by atomic mass is 32.2. The number of anilines is 2. The minimum Gasteiger partial charge on any atom is -0.364 e. The minimum absolute atomic E-state index is 0.0822. The quantitative estimate of drug-likeness (QED) is 0.690. The number of hydrogen-bond acceptors (Lipinski definition) is 5. The van der Waals surface area contributed by atoms with Crippen molar-refractivity contribution in [1.82, 2.24) is 9.97 Å². The Balaban J connectivity index is 1.69. The van der Waals surface area contributed by atoms with Crippen molar-refractivity contribution in [2.75, 3.05) is 10.0 Å². The van der Waals surface area contributed by atoms with Crippen LogP contribution in [0, 0.1) is 11.6 Å². The van der Waals surface area contributed by atoms with E-state index >= 15 is 0 Å². The van der Waals surface area contributed by atoms with Crippen molar-refractivity contribution in [3.8, 4) is 0 Å². The van der Waals surface area contributed by atoms with Crippen LogP contribution < -0.4 is 10.0 Å². The van der Waals surface area contributed by atoms with Crippen molar-refractivity contribution in [1.29, 1.82) is 0 Å². The molecule has 2 N–H and O–H groups in total. The molecule has 3 rings (SSSR count). The van der Waals surface area contributed by atoms with E-state index in [4.69, 9.17) is 0 Å². The second kappa shape index (κ2) is 7.44. The van der Waals surface area contributed by atoms with Gasteiger partial charge in [0, 0.05) is 18.5 Å². The van der Waals surface area contributed by atoms with Crippen LogP contribution in [0.4, 0.5) is 20.3 Å². The number of sulfonamides is 1. The zero-order valence-corrected chi connectivity index (χ0v) is 14.2. The number of hydrogen-bond donors (Lipinski definition) is 2. The first kappa shape index (κ1) is 17.7. The molecule has 0 amide bonds. The van der Waals surface area contributed by atoms with Crippen molar-refractivity contribution in [3.05, 3.63) is 78.3 Å². The molecular formula is C17H14F2N4O2S. The van der Waals surface area contributed by atoms with E-state index in [0.29, 0.717) is 12.4 Å². The topological polar surface area (TPSA) is 84.0 Å². The molecule has 6 nitrogen and oxygen atoms in total. The van der Waals surface area contributed by atoms with Crippen LogP contribution in [-0.2, 0) is 16.6 Å². The van der Waals surface area contributed by atoms with Crippen LogP contribution in [0.1, 0.15) is 5.69 Å². The smallest absolute Gasteiger partial charge is 0.263 e. The third-order valence-electron chi connectivity index (χ3n) is 3.40. The highest BCUT2D eigenvalue weighted by Crippen LogP contribution is 2.19. The molecule has 26 heavy (non-hydrogen) atoms. The molecule has 0 aliphatic rings. The first-order valence-electron chi connectivity index (χ1n) is 7.52. The molecule has 2 aromatic heterocycles. The van der Waals surface area contributed by atoms with E-state index in [1.165, 1.54) is 18.3 Å². The predicted molar refractivity (Wildman–Crippen MR) is 93.0 cm³/mol. The van der Waals surface area contributed by atoms with Gasteiger partial charge in [-0.05, 0) is 36.4 Å². The number of halogens is 2. The highest BCUT2D eigenvalue weighted by Gasteiger charge is 2.16. The molecule has 0 aliphatic carbocycles. The summed E-state index contributed by atoms with van der Waals surface area (Å²) >= 11 is 0. The SMILES string of the molecule is O=S(=O)(Nc1ccc(F)c(F)c1)c1ccc(NCc2ccccn2)nc1. The summed E-state index contributed by atoms with van der Waals surface area (Å²) in [5, 5.41) is 3.02. The lowest BCUT2D eigenvalue weighted by Crippen LogP contribution is -2.14. The van der Waals surface area contributed by atoms with E-state index in [0.717, 1.165) is 23.9 Å². The molecule has 0 unspecified atom stereocenters.